The number of para-hydroxylation sites is 1. The molecule has 3 aromatic rings. The Morgan fingerprint density at radius 1 is 1.07 bits per heavy atom. The number of anilines is 1. The van der Waals surface area contributed by atoms with E-state index in [0.29, 0.717) is 10.8 Å². The maximum atomic E-state index is 10.1. The van der Waals surface area contributed by atoms with Gasteiger partial charge in [0.2, 0.25) is 11.0 Å². The molecular weight excluding hydrogens is 426 g/mol. The monoisotopic (exact) mass is 443 g/mol. The molecule has 0 atom stereocenters. The number of fused-ring (bicyclic) bond motifs is 1. The van der Waals surface area contributed by atoms with Crippen molar-refractivity contribution in [3.05, 3.63) is 53.0 Å². The van der Waals surface area contributed by atoms with Crippen molar-refractivity contribution in [2.75, 3.05) is 31.1 Å². The summed E-state index contributed by atoms with van der Waals surface area (Å²) in [6, 6.07) is 16.0. The highest BCUT2D eigenvalue weighted by Crippen LogP contribution is 2.36. The first-order chi connectivity index (χ1) is 13.1. The fourth-order valence-corrected chi connectivity index (χ4v) is 3.77. The number of hydrogen-bond acceptors (Lipinski definition) is 4. The van der Waals surface area contributed by atoms with Crippen LogP contribution in [-0.4, -0.2) is 46.3 Å². The van der Waals surface area contributed by atoms with Crippen LogP contribution in [-0.2, 0) is 0 Å². The molecule has 6 nitrogen and oxygen atoms in total. The maximum Gasteiger partial charge on any atom is 0.218 e. The highest BCUT2D eigenvalue weighted by molar-refractivity contribution is 9.10. The van der Waals surface area contributed by atoms with Gasteiger partial charge in [-0.1, -0.05) is 34.1 Å². The van der Waals surface area contributed by atoms with E-state index >= 15 is 0 Å². The molecular formula is C19H18BrN5OS. The molecule has 1 aliphatic heterocycles. The summed E-state index contributed by atoms with van der Waals surface area (Å²) < 4.78 is 0.907. The van der Waals surface area contributed by atoms with Gasteiger partial charge in [0, 0.05) is 41.7 Å². The SMILES string of the molecule is Oc1[nH]c2ccc(Br)cc2c1N=NC(=S)N1CCN(c2ccccc2)CC1. The highest BCUT2D eigenvalue weighted by Gasteiger charge is 2.19. The van der Waals surface area contributed by atoms with Crippen LogP contribution in [0.5, 0.6) is 5.88 Å². The van der Waals surface area contributed by atoms with Crippen LogP contribution in [0.2, 0.25) is 0 Å². The predicted molar refractivity (Wildman–Crippen MR) is 115 cm³/mol. The Balaban J connectivity index is 1.44. The fourth-order valence-electron chi connectivity index (χ4n) is 3.19. The van der Waals surface area contributed by atoms with Crippen molar-refractivity contribution in [2.45, 2.75) is 0 Å². The van der Waals surface area contributed by atoms with E-state index in [9.17, 15) is 5.11 Å². The molecule has 2 aromatic carbocycles. The first-order valence-corrected chi connectivity index (χ1v) is 9.83. The van der Waals surface area contributed by atoms with Crippen LogP contribution in [0.4, 0.5) is 11.4 Å². The second kappa shape index (κ2) is 7.66. The van der Waals surface area contributed by atoms with Gasteiger partial charge >= 0.3 is 0 Å². The van der Waals surface area contributed by atoms with Crippen LogP contribution >= 0.6 is 28.1 Å². The molecule has 1 aromatic heterocycles. The molecule has 8 heteroatoms. The summed E-state index contributed by atoms with van der Waals surface area (Å²) in [4.78, 5) is 7.27. The lowest BCUT2D eigenvalue weighted by molar-refractivity contribution is 0.387. The van der Waals surface area contributed by atoms with Gasteiger partial charge in [0.15, 0.2) is 5.69 Å². The van der Waals surface area contributed by atoms with Crippen LogP contribution < -0.4 is 4.90 Å². The van der Waals surface area contributed by atoms with E-state index in [1.54, 1.807) is 0 Å². The Morgan fingerprint density at radius 2 is 1.81 bits per heavy atom. The number of halogens is 1. The lowest BCUT2D eigenvalue weighted by atomic mass is 10.2. The Morgan fingerprint density at radius 3 is 2.56 bits per heavy atom. The van der Waals surface area contributed by atoms with Gasteiger partial charge in [-0.3, -0.25) is 0 Å². The van der Waals surface area contributed by atoms with Crippen molar-refractivity contribution in [3.8, 4) is 5.88 Å². The van der Waals surface area contributed by atoms with E-state index in [4.69, 9.17) is 12.2 Å². The molecule has 0 unspecified atom stereocenters. The van der Waals surface area contributed by atoms with Crippen LogP contribution in [0.3, 0.4) is 0 Å². The molecule has 27 heavy (non-hydrogen) atoms. The number of H-pyrrole nitrogens is 1. The number of hydrogen-bond donors (Lipinski definition) is 2. The molecule has 0 aliphatic carbocycles. The van der Waals surface area contributed by atoms with Crippen LogP contribution in [0.25, 0.3) is 10.9 Å². The topological polar surface area (TPSA) is 67.2 Å². The molecule has 2 heterocycles. The summed E-state index contributed by atoms with van der Waals surface area (Å²) in [6.45, 7) is 3.34. The molecule has 0 radical (unpaired) electrons. The van der Waals surface area contributed by atoms with Gasteiger partial charge in [0.1, 0.15) is 0 Å². The summed E-state index contributed by atoms with van der Waals surface area (Å²) in [5.41, 5.74) is 2.42. The van der Waals surface area contributed by atoms with Crippen molar-refractivity contribution in [1.82, 2.24) is 9.88 Å². The summed E-state index contributed by atoms with van der Waals surface area (Å²) in [6.07, 6.45) is 0. The standard InChI is InChI=1S/C19H18BrN5OS/c20-13-6-7-16-15(12-13)17(18(26)21-16)22-23-19(27)25-10-8-24(9-11-25)14-4-2-1-3-5-14/h1-7,12,21,26H,8-11H2. The van der Waals surface area contributed by atoms with E-state index in [0.717, 1.165) is 41.6 Å². The number of aromatic nitrogens is 1. The molecule has 1 fully saturated rings. The highest BCUT2D eigenvalue weighted by atomic mass is 79.9. The van der Waals surface area contributed by atoms with Gasteiger partial charge in [-0.05, 0) is 42.5 Å². The zero-order chi connectivity index (χ0) is 18.8. The molecule has 1 saturated heterocycles. The maximum absolute atomic E-state index is 10.1. The Kier molecular flexibility index (Phi) is 5.09. The second-order valence-corrected chi connectivity index (χ2v) is 7.59. The molecule has 2 N–H and O–H groups in total. The third kappa shape index (κ3) is 3.81. The van der Waals surface area contributed by atoms with Gasteiger partial charge in [-0.25, -0.2) is 0 Å². The normalized spacial score (nSPS) is 15.0. The number of piperazine rings is 1. The summed E-state index contributed by atoms with van der Waals surface area (Å²) in [5, 5.41) is 19.8. The summed E-state index contributed by atoms with van der Waals surface area (Å²) >= 11 is 8.88. The van der Waals surface area contributed by atoms with Gasteiger partial charge in [-0.15, -0.1) is 10.2 Å². The van der Waals surface area contributed by atoms with Crippen molar-refractivity contribution >= 4 is 55.5 Å². The van der Waals surface area contributed by atoms with Gasteiger partial charge in [0.05, 0.1) is 5.52 Å². The summed E-state index contributed by atoms with van der Waals surface area (Å²) in [7, 11) is 0. The zero-order valence-electron chi connectivity index (χ0n) is 14.5. The van der Waals surface area contributed by atoms with E-state index in [-0.39, 0.29) is 5.88 Å². The lowest BCUT2D eigenvalue weighted by Crippen LogP contribution is -2.47. The first kappa shape index (κ1) is 17.9. The largest absolute Gasteiger partial charge is 0.493 e. The van der Waals surface area contributed by atoms with Crippen molar-refractivity contribution in [3.63, 3.8) is 0 Å². The van der Waals surface area contributed by atoms with Gasteiger partial charge in [0.25, 0.3) is 0 Å². The number of nitrogens with zero attached hydrogens (tertiary/aromatic N) is 4. The zero-order valence-corrected chi connectivity index (χ0v) is 16.9. The molecule has 0 bridgehead atoms. The van der Waals surface area contributed by atoms with E-state index in [1.807, 2.05) is 41.3 Å². The molecule has 138 valence electrons. The van der Waals surface area contributed by atoms with Crippen molar-refractivity contribution in [2.24, 2.45) is 10.2 Å². The lowest BCUT2D eigenvalue weighted by Gasteiger charge is -2.36. The first-order valence-electron chi connectivity index (χ1n) is 8.62. The fraction of sp³-hybridized carbons (Fsp3) is 0.211. The third-order valence-electron chi connectivity index (χ3n) is 4.62. The van der Waals surface area contributed by atoms with Crippen LogP contribution in [0.15, 0.2) is 63.2 Å². The molecule has 0 spiro atoms. The Labute approximate surface area is 170 Å². The Bertz CT molecular complexity index is 996. The van der Waals surface area contributed by atoms with Crippen molar-refractivity contribution in [1.29, 1.82) is 0 Å². The Hall–Kier alpha value is -2.45. The smallest absolute Gasteiger partial charge is 0.218 e. The minimum absolute atomic E-state index is 0.0106. The van der Waals surface area contributed by atoms with Gasteiger partial charge in [-0.2, -0.15) is 0 Å². The number of rotatable bonds is 2. The molecule has 0 saturated carbocycles. The van der Waals surface area contributed by atoms with Crippen LogP contribution in [0.1, 0.15) is 0 Å². The number of aromatic amines is 1. The third-order valence-corrected chi connectivity index (χ3v) is 5.45. The average molecular weight is 444 g/mol. The number of azo groups is 1. The summed E-state index contributed by atoms with van der Waals surface area (Å²) in [5.74, 6) is -0.0106. The number of nitrogens with one attached hydrogen (secondary N) is 1. The van der Waals surface area contributed by atoms with E-state index in [2.05, 4.69) is 48.2 Å². The van der Waals surface area contributed by atoms with Crippen molar-refractivity contribution < 1.29 is 5.11 Å². The minimum Gasteiger partial charge on any atom is -0.493 e. The van der Waals surface area contributed by atoms with Gasteiger partial charge < -0.3 is 19.9 Å². The van der Waals surface area contributed by atoms with Crippen LogP contribution in [0, 0.1) is 0 Å². The second-order valence-electron chi connectivity index (χ2n) is 6.30. The van der Waals surface area contributed by atoms with E-state index in [1.165, 1.54) is 5.69 Å². The average Bonchev–Trinajstić information content (AvgIpc) is 3.01. The number of thiocarbonyl (C=S) groups is 1. The molecule has 4 rings (SSSR count). The molecule has 1 aliphatic rings. The predicted octanol–water partition coefficient (Wildman–Crippen LogP) is 4.83. The molecule has 0 amide bonds. The number of aromatic hydroxyl groups is 1. The number of benzene rings is 2. The minimum atomic E-state index is -0.0106. The quantitative estimate of drug-likeness (QED) is 0.439. The van der Waals surface area contributed by atoms with E-state index < -0.39 is 0 Å².